The van der Waals surface area contributed by atoms with Gasteiger partial charge in [-0.1, -0.05) is 18.7 Å². The molecule has 0 radical (unpaired) electrons. The molecule has 1 aromatic heterocycles. The van der Waals surface area contributed by atoms with Crippen LogP contribution in [0.1, 0.15) is 26.0 Å². The van der Waals surface area contributed by atoms with Gasteiger partial charge >= 0.3 is 0 Å². The van der Waals surface area contributed by atoms with E-state index in [9.17, 15) is 4.79 Å². The second-order valence-electron chi connectivity index (χ2n) is 3.33. The number of hydrogen-bond acceptors (Lipinski definition) is 3. The molecule has 0 aliphatic rings. The quantitative estimate of drug-likeness (QED) is 0.718. The standard InChI is InChI=1S/C10H16N2OS/c1-5-9(13)8(3)14-10-6-7(2)11-12(10)4/h6,8H,5H2,1-4H3. The summed E-state index contributed by atoms with van der Waals surface area (Å²) in [6.07, 6.45) is 0.602. The van der Waals surface area contributed by atoms with Gasteiger partial charge in [-0.3, -0.25) is 9.48 Å². The zero-order chi connectivity index (χ0) is 10.7. The van der Waals surface area contributed by atoms with Crippen LogP contribution in [0.5, 0.6) is 0 Å². The second-order valence-corrected chi connectivity index (χ2v) is 4.69. The molecule has 0 aliphatic carbocycles. The summed E-state index contributed by atoms with van der Waals surface area (Å²) in [7, 11) is 1.90. The maximum absolute atomic E-state index is 11.4. The van der Waals surface area contributed by atoms with Crippen molar-refractivity contribution in [1.82, 2.24) is 9.78 Å². The van der Waals surface area contributed by atoms with E-state index in [-0.39, 0.29) is 11.0 Å². The van der Waals surface area contributed by atoms with Crippen LogP contribution >= 0.6 is 11.8 Å². The number of ketones is 1. The molecule has 1 unspecified atom stereocenters. The van der Waals surface area contributed by atoms with Gasteiger partial charge < -0.3 is 0 Å². The number of thioether (sulfide) groups is 1. The van der Waals surface area contributed by atoms with Crippen LogP contribution in [-0.4, -0.2) is 20.8 Å². The highest BCUT2D eigenvalue weighted by molar-refractivity contribution is 8.00. The summed E-state index contributed by atoms with van der Waals surface area (Å²) in [5, 5.41) is 5.31. The van der Waals surface area contributed by atoms with Gasteiger partial charge in [0.1, 0.15) is 5.78 Å². The van der Waals surface area contributed by atoms with E-state index in [1.165, 1.54) is 0 Å². The number of rotatable bonds is 4. The molecule has 0 saturated heterocycles. The van der Waals surface area contributed by atoms with Crippen molar-refractivity contribution in [2.75, 3.05) is 0 Å². The summed E-state index contributed by atoms with van der Waals surface area (Å²) in [4.78, 5) is 11.4. The van der Waals surface area contributed by atoms with Gasteiger partial charge in [0.25, 0.3) is 0 Å². The highest BCUT2D eigenvalue weighted by Gasteiger charge is 2.14. The monoisotopic (exact) mass is 212 g/mol. The molecule has 1 heterocycles. The second kappa shape index (κ2) is 4.64. The highest BCUT2D eigenvalue weighted by Crippen LogP contribution is 2.24. The van der Waals surface area contributed by atoms with E-state index in [0.717, 1.165) is 10.7 Å². The van der Waals surface area contributed by atoms with Crippen molar-refractivity contribution < 1.29 is 4.79 Å². The van der Waals surface area contributed by atoms with Crippen LogP contribution in [0.4, 0.5) is 0 Å². The molecule has 3 nitrogen and oxygen atoms in total. The average Bonchev–Trinajstić information content (AvgIpc) is 2.44. The Kier molecular flexibility index (Phi) is 3.75. The lowest BCUT2D eigenvalue weighted by atomic mass is 10.2. The number of carbonyl (C=O) groups excluding carboxylic acids is 1. The van der Waals surface area contributed by atoms with Gasteiger partial charge in [-0.05, 0) is 19.9 Å². The minimum absolute atomic E-state index is 0.0230. The number of aryl methyl sites for hydroxylation is 2. The van der Waals surface area contributed by atoms with Crippen molar-refractivity contribution in [3.63, 3.8) is 0 Å². The first kappa shape index (κ1) is 11.3. The molecule has 14 heavy (non-hydrogen) atoms. The lowest BCUT2D eigenvalue weighted by Crippen LogP contribution is -2.12. The molecule has 0 aliphatic heterocycles. The maximum atomic E-state index is 11.4. The topological polar surface area (TPSA) is 34.9 Å². The molecule has 1 atom stereocenters. The van der Waals surface area contributed by atoms with E-state index in [2.05, 4.69) is 5.10 Å². The Morgan fingerprint density at radius 1 is 1.71 bits per heavy atom. The minimum atomic E-state index is 0.0230. The van der Waals surface area contributed by atoms with Gasteiger partial charge in [0, 0.05) is 13.5 Å². The van der Waals surface area contributed by atoms with Crippen molar-refractivity contribution in [3.8, 4) is 0 Å². The van der Waals surface area contributed by atoms with Crippen LogP contribution in [0.25, 0.3) is 0 Å². The third-order valence-electron chi connectivity index (χ3n) is 2.06. The van der Waals surface area contributed by atoms with Gasteiger partial charge in [-0.2, -0.15) is 5.10 Å². The number of nitrogens with zero attached hydrogens (tertiary/aromatic N) is 2. The van der Waals surface area contributed by atoms with Gasteiger partial charge in [0.2, 0.25) is 0 Å². The Balaban J connectivity index is 2.69. The Morgan fingerprint density at radius 2 is 2.36 bits per heavy atom. The average molecular weight is 212 g/mol. The summed E-state index contributed by atoms with van der Waals surface area (Å²) < 4.78 is 1.82. The minimum Gasteiger partial charge on any atom is -0.298 e. The summed E-state index contributed by atoms with van der Waals surface area (Å²) in [6, 6.07) is 2.00. The zero-order valence-electron chi connectivity index (χ0n) is 9.07. The van der Waals surface area contributed by atoms with Gasteiger partial charge in [0.05, 0.1) is 16.0 Å². The Hall–Kier alpha value is -0.770. The molecule has 0 aromatic carbocycles. The van der Waals surface area contributed by atoms with Crippen molar-refractivity contribution in [1.29, 1.82) is 0 Å². The van der Waals surface area contributed by atoms with Gasteiger partial charge in [-0.15, -0.1) is 0 Å². The van der Waals surface area contributed by atoms with Crippen molar-refractivity contribution in [2.45, 2.75) is 37.5 Å². The molecule has 1 rings (SSSR count). The number of carbonyl (C=O) groups is 1. The molecule has 4 heteroatoms. The van der Waals surface area contributed by atoms with Crippen molar-refractivity contribution in [3.05, 3.63) is 11.8 Å². The molecule has 0 amide bonds. The largest absolute Gasteiger partial charge is 0.298 e. The predicted octanol–water partition coefficient (Wildman–Crippen LogP) is 2.19. The van der Waals surface area contributed by atoms with E-state index in [4.69, 9.17) is 0 Å². The number of aromatic nitrogens is 2. The summed E-state index contributed by atoms with van der Waals surface area (Å²) in [5.74, 6) is 0.286. The van der Waals surface area contributed by atoms with Crippen molar-refractivity contribution >= 4 is 17.5 Å². The Labute approximate surface area is 88.9 Å². The fourth-order valence-electron chi connectivity index (χ4n) is 1.23. The maximum Gasteiger partial charge on any atom is 0.145 e. The van der Waals surface area contributed by atoms with E-state index in [1.807, 2.05) is 38.6 Å². The van der Waals surface area contributed by atoms with E-state index in [1.54, 1.807) is 11.8 Å². The first-order valence-corrected chi connectivity index (χ1v) is 5.62. The molecule has 0 fully saturated rings. The first-order valence-electron chi connectivity index (χ1n) is 4.74. The van der Waals surface area contributed by atoms with Gasteiger partial charge in [0.15, 0.2) is 0 Å². The summed E-state index contributed by atoms with van der Waals surface area (Å²) in [5.41, 5.74) is 0.992. The SMILES string of the molecule is CCC(=O)C(C)Sc1cc(C)nn1C. The van der Waals surface area contributed by atoms with E-state index < -0.39 is 0 Å². The van der Waals surface area contributed by atoms with Crippen LogP contribution in [0, 0.1) is 6.92 Å². The Bertz CT molecular complexity index is 333. The molecule has 0 bridgehead atoms. The number of Topliss-reactive ketones (excluding diaryl/α,β-unsaturated/α-hetero) is 1. The first-order chi connectivity index (χ1) is 6.54. The predicted molar refractivity (Wildman–Crippen MR) is 58.6 cm³/mol. The van der Waals surface area contributed by atoms with Crippen LogP contribution in [0.3, 0.4) is 0 Å². The van der Waals surface area contributed by atoms with Gasteiger partial charge in [-0.25, -0.2) is 0 Å². The smallest absolute Gasteiger partial charge is 0.145 e. The van der Waals surface area contributed by atoms with Crippen LogP contribution in [-0.2, 0) is 11.8 Å². The van der Waals surface area contributed by atoms with Crippen LogP contribution < -0.4 is 0 Å². The lowest BCUT2D eigenvalue weighted by molar-refractivity contribution is -0.118. The Morgan fingerprint density at radius 3 is 2.79 bits per heavy atom. The fourth-order valence-corrected chi connectivity index (χ4v) is 2.32. The normalized spacial score (nSPS) is 12.9. The highest BCUT2D eigenvalue weighted by atomic mass is 32.2. The molecule has 78 valence electrons. The lowest BCUT2D eigenvalue weighted by Gasteiger charge is -2.08. The molecular weight excluding hydrogens is 196 g/mol. The molecule has 0 saturated carbocycles. The van der Waals surface area contributed by atoms with E-state index >= 15 is 0 Å². The fraction of sp³-hybridized carbons (Fsp3) is 0.600. The third-order valence-corrected chi connectivity index (χ3v) is 3.30. The summed E-state index contributed by atoms with van der Waals surface area (Å²) >= 11 is 1.57. The molecule has 0 N–H and O–H groups in total. The zero-order valence-corrected chi connectivity index (χ0v) is 9.89. The van der Waals surface area contributed by atoms with Crippen LogP contribution in [0.2, 0.25) is 0 Å². The van der Waals surface area contributed by atoms with Crippen LogP contribution in [0.15, 0.2) is 11.1 Å². The number of hydrogen-bond donors (Lipinski definition) is 0. The molecular formula is C10H16N2OS. The summed E-state index contributed by atoms with van der Waals surface area (Å²) in [6.45, 7) is 5.79. The molecule has 0 spiro atoms. The van der Waals surface area contributed by atoms with E-state index in [0.29, 0.717) is 6.42 Å². The molecule has 1 aromatic rings. The third kappa shape index (κ3) is 2.61. The van der Waals surface area contributed by atoms with Crippen molar-refractivity contribution in [2.24, 2.45) is 7.05 Å².